The zero-order valence-corrected chi connectivity index (χ0v) is 14.2. The Morgan fingerprint density at radius 3 is 1.19 bits per heavy atom. The molecule has 4 nitrogen and oxygen atoms in total. The molecular weight excluding hydrogens is 268 g/mol. The average molecular weight is 300 g/mol. The third-order valence-corrected chi connectivity index (χ3v) is 3.56. The highest BCUT2D eigenvalue weighted by molar-refractivity contribution is 5.73. The summed E-state index contributed by atoms with van der Waals surface area (Å²) in [5, 5.41) is 0. The van der Waals surface area contributed by atoms with E-state index in [0.717, 1.165) is 25.7 Å². The fourth-order valence-corrected chi connectivity index (χ4v) is 1.76. The SMILES string of the molecule is C1CC1.CCC(CC)C(=O)OCCOC(=O)C(CC)CC. The summed E-state index contributed by atoms with van der Waals surface area (Å²) in [5.41, 5.74) is 0. The van der Waals surface area contributed by atoms with Gasteiger partial charge in [0, 0.05) is 0 Å². The molecule has 0 saturated heterocycles. The molecule has 1 aliphatic rings. The molecule has 21 heavy (non-hydrogen) atoms. The molecule has 4 heteroatoms. The van der Waals surface area contributed by atoms with Gasteiger partial charge in [-0.2, -0.15) is 0 Å². The molecule has 0 spiro atoms. The Bertz CT molecular complexity index is 250. The van der Waals surface area contributed by atoms with Gasteiger partial charge in [-0.25, -0.2) is 0 Å². The van der Waals surface area contributed by atoms with Crippen LogP contribution in [-0.4, -0.2) is 25.2 Å². The predicted octanol–water partition coefficient (Wildman–Crippen LogP) is 4.12. The van der Waals surface area contributed by atoms with Gasteiger partial charge in [0.15, 0.2) is 0 Å². The molecule has 1 saturated carbocycles. The molecule has 1 rings (SSSR count). The minimum atomic E-state index is -0.196. The van der Waals surface area contributed by atoms with E-state index in [-0.39, 0.29) is 37.0 Å². The van der Waals surface area contributed by atoms with E-state index in [1.807, 2.05) is 27.7 Å². The molecule has 0 N–H and O–H groups in total. The van der Waals surface area contributed by atoms with Gasteiger partial charge in [-0.1, -0.05) is 47.0 Å². The molecule has 0 radical (unpaired) electrons. The molecular formula is C17H32O4. The Balaban J connectivity index is 0.00000117. The first-order valence-corrected chi connectivity index (χ1v) is 8.43. The van der Waals surface area contributed by atoms with E-state index in [0.29, 0.717) is 0 Å². The Labute approximate surface area is 129 Å². The van der Waals surface area contributed by atoms with Gasteiger partial charge >= 0.3 is 11.9 Å². The van der Waals surface area contributed by atoms with E-state index in [2.05, 4.69) is 0 Å². The van der Waals surface area contributed by atoms with Crippen molar-refractivity contribution < 1.29 is 19.1 Å². The average Bonchev–Trinajstić information content (AvgIpc) is 3.34. The van der Waals surface area contributed by atoms with Crippen molar-refractivity contribution in [3.8, 4) is 0 Å². The normalized spacial score (nSPS) is 12.7. The van der Waals surface area contributed by atoms with Crippen LogP contribution in [0.3, 0.4) is 0 Å². The van der Waals surface area contributed by atoms with Crippen LogP contribution >= 0.6 is 0 Å². The molecule has 1 fully saturated rings. The fourth-order valence-electron chi connectivity index (χ4n) is 1.76. The number of ether oxygens (including phenoxy) is 2. The van der Waals surface area contributed by atoms with Crippen molar-refractivity contribution >= 4 is 11.9 Å². The van der Waals surface area contributed by atoms with Gasteiger partial charge in [-0.05, 0) is 25.7 Å². The Morgan fingerprint density at radius 1 is 0.714 bits per heavy atom. The summed E-state index contributed by atoms with van der Waals surface area (Å²) in [7, 11) is 0. The second kappa shape index (κ2) is 12.7. The monoisotopic (exact) mass is 300 g/mol. The number of esters is 2. The van der Waals surface area contributed by atoms with Crippen LogP contribution in [0.4, 0.5) is 0 Å². The first-order chi connectivity index (χ1) is 10.1. The summed E-state index contributed by atoms with van der Waals surface area (Å²) in [6, 6.07) is 0. The van der Waals surface area contributed by atoms with Crippen LogP contribution in [-0.2, 0) is 19.1 Å². The molecule has 0 bridgehead atoms. The van der Waals surface area contributed by atoms with Gasteiger partial charge in [0.2, 0.25) is 0 Å². The Kier molecular flexibility index (Phi) is 12.0. The molecule has 0 aromatic rings. The molecule has 0 aliphatic heterocycles. The van der Waals surface area contributed by atoms with E-state index in [4.69, 9.17) is 9.47 Å². The fraction of sp³-hybridized carbons (Fsp3) is 0.882. The molecule has 0 aromatic heterocycles. The van der Waals surface area contributed by atoms with Gasteiger partial charge in [0.05, 0.1) is 11.8 Å². The molecule has 0 aromatic carbocycles. The van der Waals surface area contributed by atoms with E-state index >= 15 is 0 Å². The third kappa shape index (κ3) is 10.3. The first kappa shape index (κ1) is 19.9. The summed E-state index contributed by atoms with van der Waals surface area (Å²) in [6.07, 6.45) is 7.62. The van der Waals surface area contributed by atoms with Crippen molar-refractivity contribution in [3.05, 3.63) is 0 Å². The molecule has 0 atom stereocenters. The Morgan fingerprint density at radius 2 is 1.00 bits per heavy atom. The van der Waals surface area contributed by atoms with E-state index in [9.17, 15) is 9.59 Å². The minimum Gasteiger partial charge on any atom is -0.462 e. The largest absolute Gasteiger partial charge is 0.462 e. The van der Waals surface area contributed by atoms with Gasteiger partial charge in [-0.3, -0.25) is 9.59 Å². The maximum atomic E-state index is 11.5. The minimum absolute atomic E-state index is 0.0419. The van der Waals surface area contributed by atoms with Crippen molar-refractivity contribution in [1.82, 2.24) is 0 Å². The first-order valence-electron chi connectivity index (χ1n) is 8.43. The number of rotatable bonds is 9. The lowest BCUT2D eigenvalue weighted by Crippen LogP contribution is -2.22. The van der Waals surface area contributed by atoms with Crippen LogP contribution in [0.5, 0.6) is 0 Å². The van der Waals surface area contributed by atoms with E-state index in [1.165, 1.54) is 19.3 Å². The highest BCUT2D eigenvalue weighted by atomic mass is 16.6. The molecule has 0 amide bonds. The van der Waals surface area contributed by atoms with Crippen molar-refractivity contribution in [2.24, 2.45) is 11.8 Å². The van der Waals surface area contributed by atoms with Crippen LogP contribution in [0.2, 0.25) is 0 Å². The topological polar surface area (TPSA) is 52.6 Å². The zero-order chi connectivity index (χ0) is 16.1. The van der Waals surface area contributed by atoms with Gasteiger partial charge in [0.25, 0.3) is 0 Å². The van der Waals surface area contributed by atoms with Crippen LogP contribution in [0.15, 0.2) is 0 Å². The lowest BCUT2D eigenvalue weighted by atomic mass is 10.0. The van der Waals surface area contributed by atoms with Gasteiger partial charge < -0.3 is 9.47 Å². The second-order valence-electron chi connectivity index (χ2n) is 5.42. The van der Waals surface area contributed by atoms with Crippen LogP contribution in [0.25, 0.3) is 0 Å². The number of hydrogen-bond donors (Lipinski definition) is 0. The number of carbonyl (C=O) groups is 2. The molecule has 124 valence electrons. The summed E-state index contributed by atoms with van der Waals surface area (Å²) < 4.78 is 10.1. The number of hydrogen-bond acceptors (Lipinski definition) is 4. The van der Waals surface area contributed by atoms with Crippen LogP contribution in [0, 0.1) is 11.8 Å². The highest BCUT2D eigenvalue weighted by Gasteiger charge is 2.17. The quantitative estimate of drug-likeness (QED) is 0.475. The van der Waals surface area contributed by atoms with Crippen LogP contribution in [0.1, 0.15) is 72.6 Å². The highest BCUT2D eigenvalue weighted by Crippen LogP contribution is 2.15. The molecule has 0 heterocycles. The summed E-state index contributed by atoms with van der Waals surface area (Å²) in [4.78, 5) is 23.1. The maximum absolute atomic E-state index is 11.5. The van der Waals surface area contributed by atoms with Gasteiger partial charge in [0.1, 0.15) is 13.2 Å². The molecule has 1 aliphatic carbocycles. The predicted molar refractivity (Wildman–Crippen MR) is 83.9 cm³/mol. The smallest absolute Gasteiger partial charge is 0.309 e. The lowest BCUT2D eigenvalue weighted by Gasteiger charge is -2.14. The second-order valence-corrected chi connectivity index (χ2v) is 5.42. The van der Waals surface area contributed by atoms with Crippen molar-refractivity contribution in [1.29, 1.82) is 0 Å². The zero-order valence-electron chi connectivity index (χ0n) is 14.2. The molecule has 0 unspecified atom stereocenters. The summed E-state index contributed by atoms with van der Waals surface area (Å²) in [6.45, 7) is 8.15. The number of carbonyl (C=O) groups excluding carboxylic acids is 2. The van der Waals surface area contributed by atoms with Gasteiger partial charge in [-0.15, -0.1) is 0 Å². The van der Waals surface area contributed by atoms with Crippen molar-refractivity contribution in [3.63, 3.8) is 0 Å². The Hall–Kier alpha value is -1.06. The van der Waals surface area contributed by atoms with Crippen LogP contribution < -0.4 is 0 Å². The standard InChI is InChI=1S/C14H26O4.C3H6/c1-5-11(6-2)13(15)17-9-10-18-14(16)12(7-3)8-4;1-2-3-1/h11-12H,5-10H2,1-4H3;1-3H2. The van der Waals surface area contributed by atoms with E-state index in [1.54, 1.807) is 0 Å². The van der Waals surface area contributed by atoms with E-state index < -0.39 is 0 Å². The van der Waals surface area contributed by atoms with Crippen molar-refractivity contribution in [2.45, 2.75) is 72.6 Å². The summed E-state index contributed by atoms with van der Waals surface area (Å²) in [5.74, 6) is -0.475. The summed E-state index contributed by atoms with van der Waals surface area (Å²) >= 11 is 0. The lowest BCUT2D eigenvalue weighted by molar-refractivity contribution is -0.157. The van der Waals surface area contributed by atoms with Crippen molar-refractivity contribution in [2.75, 3.05) is 13.2 Å². The maximum Gasteiger partial charge on any atom is 0.309 e. The third-order valence-electron chi connectivity index (χ3n) is 3.56.